The average Bonchev–Trinajstić information content (AvgIpc) is 2.73. The van der Waals surface area contributed by atoms with Gasteiger partial charge >= 0.3 is 0 Å². The van der Waals surface area contributed by atoms with Crippen molar-refractivity contribution >= 4 is 12.2 Å². The van der Waals surface area contributed by atoms with Crippen LogP contribution in [0.2, 0.25) is 0 Å². The van der Waals surface area contributed by atoms with Crippen molar-refractivity contribution in [2.24, 2.45) is 16.1 Å². The van der Waals surface area contributed by atoms with E-state index >= 15 is 4.39 Å². The summed E-state index contributed by atoms with van der Waals surface area (Å²) in [4.78, 5) is 25.3. The summed E-state index contributed by atoms with van der Waals surface area (Å²) < 4.78 is 21.2. The molecule has 1 atom stereocenters. The molecule has 0 bridgehead atoms. The summed E-state index contributed by atoms with van der Waals surface area (Å²) in [5.74, 6) is 0.275. The van der Waals surface area contributed by atoms with Crippen molar-refractivity contribution in [3.63, 3.8) is 0 Å². The summed E-state index contributed by atoms with van der Waals surface area (Å²) in [6.07, 6.45) is 13.0. The molecule has 0 radical (unpaired) electrons. The number of aromatic nitrogens is 2. The Morgan fingerprint density at radius 1 is 1.43 bits per heavy atom. The van der Waals surface area contributed by atoms with Crippen LogP contribution >= 0.6 is 0 Å². The first-order valence-electron chi connectivity index (χ1n) is 10.1. The Labute approximate surface area is 175 Å². The molecule has 1 saturated carbocycles. The van der Waals surface area contributed by atoms with Crippen LogP contribution in [0.1, 0.15) is 31.9 Å². The van der Waals surface area contributed by atoms with Gasteiger partial charge in [0.15, 0.2) is 5.76 Å². The molecule has 8 nitrogen and oxygen atoms in total. The van der Waals surface area contributed by atoms with Gasteiger partial charge in [-0.05, 0) is 37.3 Å². The van der Waals surface area contributed by atoms with E-state index in [9.17, 15) is 4.91 Å². The topological polar surface area (TPSA) is 106 Å². The maximum absolute atomic E-state index is 15.3. The number of hydrogen-bond donors (Lipinski definition) is 1. The highest BCUT2D eigenvalue weighted by atomic mass is 19.1. The number of anilines is 1. The predicted molar refractivity (Wildman–Crippen MR) is 114 cm³/mol. The Morgan fingerprint density at radius 2 is 2.27 bits per heavy atom. The van der Waals surface area contributed by atoms with Crippen LogP contribution in [0.25, 0.3) is 0 Å². The number of nitrogens with zero attached hydrogens (tertiary/aromatic N) is 5. The fraction of sp³-hybridized carbons (Fsp3) is 0.476. The molecule has 1 aromatic heterocycles. The Morgan fingerprint density at radius 3 is 2.83 bits per heavy atom. The van der Waals surface area contributed by atoms with Gasteiger partial charge in [-0.15, -0.1) is 0 Å². The molecule has 1 aliphatic carbocycles. The maximum atomic E-state index is 15.3. The fourth-order valence-corrected chi connectivity index (χ4v) is 3.40. The van der Waals surface area contributed by atoms with Gasteiger partial charge in [-0.1, -0.05) is 17.7 Å². The third kappa shape index (κ3) is 5.71. The van der Waals surface area contributed by atoms with Crippen molar-refractivity contribution < 1.29 is 9.13 Å². The molecule has 3 rings (SSSR count). The summed E-state index contributed by atoms with van der Waals surface area (Å²) in [6.45, 7) is 2.85. The van der Waals surface area contributed by atoms with Crippen molar-refractivity contribution in [2.75, 3.05) is 25.4 Å². The summed E-state index contributed by atoms with van der Waals surface area (Å²) in [5, 5.41) is 3.17. The molecule has 0 saturated heterocycles. The molecule has 1 aliphatic heterocycles. The van der Waals surface area contributed by atoms with E-state index in [1.807, 2.05) is 24.0 Å². The lowest BCUT2D eigenvalue weighted by Gasteiger charge is -2.30. The minimum absolute atomic E-state index is 0.0161. The largest absolute Gasteiger partial charge is 0.488 e. The van der Waals surface area contributed by atoms with Gasteiger partial charge in [0.25, 0.3) is 0 Å². The summed E-state index contributed by atoms with van der Waals surface area (Å²) in [6, 6.07) is -0.651. The van der Waals surface area contributed by atoms with E-state index in [4.69, 9.17) is 10.5 Å². The summed E-state index contributed by atoms with van der Waals surface area (Å²) in [7, 11) is 0. The van der Waals surface area contributed by atoms with Gasteiger partial charge in [-0.3, -0.25) is 4.98 Å². The Bertz CT molecular complexity index is 846. The molecule has 1 unspecified atom stereocenters. The lowest BCUT2D eigenvalue weighted by molar-refractivity contribution is 0.170. The van der Waals surface area contributed by atoms with Crippen LogP contribution in [0.5, 0.6) is 0 Å². The molecule has 160 valence electrons. The monoisotopic (exact) mass is 414 g/mol. The maximum Gasteiger partial charge on any atom is 0.154 e. The van der Waals surface area contributed by atoms with Crippen LogP contribution in [0.3, 0.4) is 0 Å². The van der Waals surface area contributed by atoms with Crippen LogP contribution in [-0.4, -0.2) is 46.9 Å². The van der Waals surface area contributed by atoms with Crippen molar-refractivity contribution in [3.8, 4) is 0 Å². The molecule has 2 heterocycles. The van der Waals surface area contributed by atoms with Gasteiger partial charge in [0.05, 0.1) is 24.4 Å². The molecule has 0 amide bonds. The Balaban J connectivity index is 1.74. The number of aliphatic imine (C=N–C) groups is 1. The van der Waals surface area contributed by atoms with E-state index in [1.165, 1.54) is 12.4 Å². The molecule has 2 N–H and O–H groups in total. The number of hydrogen-bond acceptors (Lipinski definition) is 8. The normalized spacial score (nSPS) is 18.6. The minimum Gasteiger partial charge on any atom is -0.488 e. The third-order valence-electron chi connectivity index (χ3n) is 5.20. The van der Waals surface area contributed by atoms with E-state index in [-0.39, 0.29) is 30.5 Å². The molecular weight excluding hydrogens is 387 g/mol. The van der Waals surface area contributed by atoms with Crippen molar-refractivity contribution in [1.29, 1.82) is 0 Å². The molecule has 1 aromatic rings. The van der Waals surface area contributed by atoms with Crippen LogP contribution in [-0.2, 0) is 11.2 Å². The van der Waals surface area contributed by atoms with Gasteiger partial charge in [0, 0.05) is 25.7 Å². The number of rotatable bonds is 10. The standard InChI is InChI=1S/C21H27FN6O2/c1-2-18(15-5-3-6-15)21(19(22)9-16-10-26-20(23)11-25-16)30-13-17(27-29)12-28-8-4-7-24-14-28/h2,4,7,10-11,14-15,17H,3,5-6,8-9,12-13H2,1H3,(H2,23,26)/b18-2-,21-19-. The van der Waals surface area contributed by atoms with Crippen LogP contribution in [0, 0.1) is 10.8 Å². The highest BCUT2D eigenvalue weighted by molar-refractivity contribution is 5.57. The smallest absolute Gasteiger partial charge is 0.154 e. The zero-order valence-electron chi connectivity index (χ0n) is 17.1. The molecule has 0 aromatic carbocycles. The van der Waals surface area contributed by atoms with Crippen molar-refractivity contribution in [1.82, 2.24) is 14.9 Å². The molecule has 1 fully saturated rings. The fourth-order valence-electron chi connectivity index (χ4n) is 3.40. The Kier molecular flexibility index (Phi) is 7.64. The van der Waals surface area contributed by atoms with E-state index in [0.29, 0.717) is 18.8 Å². The zero-order valence-corrected chi connectivity index (χ0v) is 17.1. The number of ether oxygens (including phenoxy) is 1. The van der Waals surface area contributed by atoms with Crippen molar-refractivity contribution in [3.05, 3.63) is 58.5 Å². The van der Waals surface area contributed by atoms with E-state index in [0.717, 1.165) is 24.8 Å². The first-order chi connectivity index (χ1) is 14.6. The third-order valence-corrected chi connectivity index (χ3v) is 5.20. The number of nitrogens with two attached hydrogens (primary N) is 1. The van der Waals surface area contributed by atoms with E-state index in [2.05, 4.69) is 20.1 Å². The number of nitroso groups, excluding NO2 is 1. The number of allylic oxidation sites excluding steroid dienone is 3. The first-order valence-corrected chi connectivity index (χ1v) is 10.1. The molecular formula is C21H27FN6O2. The lowest BCUT2D eigenvalue weighted by atomic mass is 9.78. The second-order valence-electron chi connectivity index (χ2n) is 7.39. The second-order valence-corrected chi connectivity index (χ2v) is 7.39. The van der Waals surface area contributed by atoms with Gasteiger partial charge in [-0.25, -0.2) is 14.4 Å². The van der Waals surface area contributed by atoms with E-state index < -0.39 is 11.9 Å². The van der Waals surface area contributed by atoms with Gasteiger partial charge in [0.1, 0.15) is 24.3 Å². The highest BCUT2D eigenvalue weighted by Gasteiger charge is 2.28. The predicted octanol–water partition coefficient (Wildman–Crippen LogP) is 3.54. The minimum atomic E-state index is -0.651. The summed E-state index contributed by atoms with van der Waals surface area (Å²) >= 11 is 0. The van der Waals surface area contributed by atoms with Crippen LogP contribution in [0.15, 0.2) is 58.1 Å². The molecule has 2 aliphatic rings. The van der Waals surface area contributed by atoms with E-state index in [1.54, 1.807) is 12.5 Å². The molecule has 0 spiro atoms. The van der Waals surface area contributed by atoms with Crippen molar-refractivity contribution in [2.45, 2.75) is 38.6 Å². The van der Waals surface area contributed by atoms with Crippen LogP contribution in [0.4, 0.5) is 10.2 Å². The zero-order chi connectivity index (χ0) is 21.3. The summed E-state index contributed by atoms with van der Waals surface area (Å²) in [5.41, 5.74) is 6.84. The van der Waals surface area contributed by atoms with Crippen LogP contribution < -0.4 is 5.73 Å². The highest BCUT2D eigenvalue weighted by Crippen LogP contribution is 2.38. The second kappa shape index (κ2) is 10.6. The average molecular weight is 414 g/mol. The van der Waals surface area contributed by atoms with Gasteiger partial charge in [0.2, 0.25) is 0 Å². The number of halogens is 1. The molecule has 30 heavy (non-hydrogen) atoms. The number of nitrogen functional groups attached to an aromatic ring is 1. The van der Waals surface area contributed by atoms with Gasteiger partial charge < -0.3 is 15.4 Å². The Hall–Kier alpha value is -3.10. The first kappa shape index (κ1) is 21.6. The van der Waals surface area contributed by atoms with Gasteiger partial charge in [-0.2, -0.15) is 4.91 Å². The lowest BCUT2D eigenvalue weighted by Crippen LogP contribution is -2.34. The molecule has 9 heteroatoms. The quantitative estimate of drug-likeness (QED) is 0.357. The SMILES string of the molecule is C/C=C(\C(OCC(CN1C=NC=CC1)N=O)=C(\F)Cc1cnc(N)cn1)C1CCC1.